The van der Waals surface area contributed by atoms with Gasteiger partial charge in [-0.2, -0.15) is 13.2 Å². The van der Waals surface area contributed by atoms with E-state index in [0.717, 1.165) is 5.56 Å². The van der Waals surface area contributed by atoms with E-state index in [4.69, 9.17) is 9.52 Å². The van der Waals surface area contributed by atoms with Crippen LogP contribution in [0, 0.1) is 0 Å². The minimum absolute atomic E-state index is 0.109. The molecular formula is C20H16F3NO4. The number of aromatic carboxylic acids is 1. The van der Waals surface area contributed by atoms with Crippen molar-refractivity contribution in [3.05, 3.63) is 76.1 Å². The number of rotatable bonds is 6. The summed E-state index contributed by atoms with van der Waals surface area (Å²) in [6, 6.07) is 14.7. The van der Waals surface area contributed by atoms with Crippen molar-refractivity contribution in [3.8, 4) is 0 Å². The first-order chi connectivity index (χ1) is 13.2. The van der Waals surface area contributed by atoms with Crippen LogP contribution in [0.15, 0.2) is 63.8 Å². The first kappa shape index (κ1) is 19.5. The van der Waals surface area contributed by atoms with E-state index in [1.807, 2.05) is 6.07 Å². The van der Waals surface area contributed by atoms with Crippen molar-refractivity contribution in [1.29, 1.82) is 0 Å². The van der Waals surface area contributed by atoms with E-state index in [2.05, 4.69) is 0 Å². The summed E-state index contributed by atoms with van der Waals surface area (Å²) in [5.74, 6) is -1.41. The Kier molecular flexibility index (Phi) is 5.39. The van der Waals surface area contributed by atoms with E-state index < -0.39 is 29.8 Å². The van der Waals surface area contributed by atoms with E-state index in [9.17, 15) is 22.8 Å². The lowest BCUT2D eigenvalue weighted by atomic mass is 10.1. The average molecular weight is 391 g/mol. The topological polar surface area (TPSA) is 70.8 Å². The van der Waals surface area contributed by atoms with Gasteiger partial charge in [-0.15, -0.1) is 0 Å². The lowest BCUT2D eigenvalue weighted by molar-refractivity contribution is -0.132. The zero-order valence-corrected chi connectivity index (χ0v) is 14.6. The number of alkyl halides is 3. The average Bonchev–Trinajstić information content (AvgIpc) is 2.64. The quantitative estimate of drug-likeness (QED) is 0.629. The number of hydrogen-bond acceptors (Lipinski definition) is 4. The minimum atomic E-state index is -4.31. The third-order valence-electron chi connectivity index (χ3n) is 4.20. The molecular weight excluding hydrogens is 375 g/mol. The highest BCUT2D eigenvalue weighted by molar-refractivity contribution is 5.92. The van der Waals surface area contributed by atoms with Crippen molar-refractivity contribution in [3.63, 3.8) is 0 Å². The van der Waals surface area contributed by atoms with Gasteiger partial charge in [0.2, 0.25) is 0 Å². The number of carbonyl (C=O) groups is 1. The van der Waals surface area contributed by atoms with E-state index in [-0.39, 0.29) is 18.7 Å². The van der Waals surface area contributed by atoms with Gasteiger partial charge >= 0.3 is 17.8 Å². The van der Waals surface area contributed by atoms with Crippen LogP contribution in [-0.4, -0.2) is 23.8 Å². The number of carboxylic acid groups (broad SMARTS) is 1. The number of carboxylic acids is 1. The van der Waals surface area contributed by atoms with Gasteiger partial charge in [-0.3, -0.25) is 0 Å². The van der Waals surface area contributed by atoms with E-state index in [1.165, 1.54) is 23.1 Å². The second-order valence-electron chi connectivity index (χ2n) is 6.25. The van der Waals surface area contributed by atoms with Crippen LogP contribution in [-0.2, 0) is 6.54 Å². The van der Waals surface area contributed by atoms with Crippen LogP contribution >= 0.6 is 0 Å². The van der Waals surface area contributed by atoms with Gasteiger partial charge in [-0.05, 0) is 23.8 Å². The molecule has 1 heterocycles. The number of hydrogen-bond donors (Lipinski definition) is 1. The Balaban J connectivity index is 1.98. The first-order valence-corrected chi connectivity index (χ1v) is 8.40. The number of benzene rings is 2. The Labute approximate surface area is 157 Å². The molecule has 0 aliphatic carbocycles. The van der Waals surface area contributed by atoms with Gasteiger partial charge in [0.25, 0.3) is 0 Å². The van der Waals surface area contributed by atoms with E-state index in [1.54, 1.807) is 30.3 Å². The summed E-state index contributed by atoms with van der Waals surface area (Å²) in [7, 11) is 0. The fourth-order valence-electron chi connectivity index (χ4n) is 2.81. The first-order valence-electron chi connectivity index (χ1n) is 8.40. The molecule has 3 aromatic rings. The maximum Gasteiger partial charge on any atom is 0.390 e. The summed E-state index contributed by atoms with van der Waals surface area (Å²) in [6.07, 6.45) is -5.31. The highest BCUT2D eigenvalue weighted by Gasteiger charge is 2.28. The SMILES string of the molecule is O=C(O)c1cc2ccc(N(CCC(F)(F)F)Cc3ccccc3)cc2oc1=O. The highest BCUT2D eigenvalue weighted by Crippen LogP contribution is 2.26. The van der Waals surface area contributed by atoms with Crippen LogP contribution < -0.4 is 10.5 Å². The standard InChI is InChI=1S/C20H16F3NO4/c21-20(22,23)8-9-24(12-13-4-2-1-3-5-13)15-7-6-14-10-16(18(25)26)19(27)28-17(14)11-15/h1-7,10-11H,8-9,12H2,(H,25,26). The van der Waals surface area contributed by atoms with Crippen molar-refractivity contribution in [2.24, 2.45) is 0 Å². The molecule has 0 aliphatic rings. The lowest BCUT2D eigenvalue weighted by Crippen LogP contribution is -2.27. The Hall–Kier alpha value is -3.29. The van der Waals surface area contributed by atoms with Crippen LogP contribution in [0.5, 0.6) is 0 Å². The Morgan fingerprint density at radius 2 is 1.79 bits per heavy atom. The van der Waals surface area contributed by atoms with Gasteiger partial charge < -0.3 is 14.4 Å². The zero-order valence-electron chi connectivity index (χ0n) is 14.6. The largest absolute Gasteiger partial charge is 0.477 e. The fourth-order valence-corrected chi connectivity index (χ4v) is 2.81. The number of fused-ring (bicyclic) bond motifs is 1. The van der Waals surface area contributed by atoms with Crippen LogP contribution in [0.4, 0.5) is 18.9 Å². The van der Waals surface area contributed by atoms with Crippen LogP contribution in [0.2, 0.25) is 0 Å². The maximum absolute atomic E-state index is 12.8. The third kappa shape index (κ3) is 4.70. The summed E-state index contributed by atoms with van der Waals surface area (Å²) in [6.45, 7) is -0.0405. The molecule has 1 N–H and O–H groups in total. The summed E-state index contributed by atoms with van der Waals surface area (Å²) >= 11 is 0. The van der Waals surface area contributed by atoms with Gasteiger partial charge in [-0.1, -0.05) is 30.3 Å². The molecule has 0 radical (unpaired) electrons. The molecule has 8 heteroatoms. The molecule has 0 unspecified atom stereocenters. The van der Waals surface area contributed by atoms with Gasteiger partial charge in [0.15, 0.2) is 0 Å². The molecule has 0 amide bonds. The molecule has 0 aliphatic heterocycles. The summed E-state index contributed by atoms with van der Waals surface area (Å²) in [5, 5.41) is 9.38. The smallest absolute Gasteiger partial charge is 0.390 e. The van der Waals surface area contributed by atoms with Crippen molar-refractivity contribution < 1.29 is 27.5 Å². The third-order valence-corrected chi connectivity index (χ3v) is 4.20. The molecule has 0 spiro atoms. The molecule has 5 nitrogen and oxygen atoms in total. The molecule has 0 bridgehead atoms. The summed E-state index contributed by atoms with van der Waals surface area (Å²) in [4.78, 5) is 24.4. The molecule has 3 rings (SSSR count). The molecule has 146 valence electrons. The molecule has 0 fully saturated rings. The van der Waals surface area contributed by atoms with E-state index in [0.29, 0.717) is 11.1 Å². The fraction of sp³-hybridized carbons (Fsp3) is 0.200. The summed E-state index contributed by atoms with van der Waals surface area (Å²) < 4.78 is 43.3. The van der Waals surface area contributed by atoms with Crippen molar-refractivity contribution >= 4 is 22.6 Å². The number of anilines is 1. The molecule has 2 aromatic carbocycles. The summed E-state index contributed by atoms with van der Waals surface area (Å²) in [5.41, 5.74) is -0.141. The molecule has 1 aromatic heterocycles. The predicted octanol–water partition coefficient (Wildman–Crippen LogP) is 4.45. The second-order valence-corrected chi connectivity index (χ2v) is 6.25. The minimum Gasteiger partial charge on any atom is -0.477 e. The number of halogens is 3. The highest BCUT2D eigenvalue weighted by atomic mass is 19.4. The van der Waals surface area contributed by atoms with E-state index >= 15 is 0 Å². The van der Waals surface area contributed by atoms with Crippen LogP contribution in [0.25, 0.3) is 11.0 Å². The monoisotopic (exact) mass is 391 g/mol. The zero-order chi connectivity index (χ0) is 20.3. The molecule has 0 saturated carbocycles. The molecule has 28 heavy (non-hydrogen) atoms. The van der Waals surface area contributed by atoms with Crippen molar-refractivity contribution in [2.75, 3.05) is 11.4 Å². The van der Waals surface area contributed by atoms with Gasteiger partial charge in [0.05, 0.1) is 6.42 Å². The van der Waals surface area contributed by atoms with Crippen LogP contribution in [0.3, 0.4) is 0 Å². The van der Waals surface area contributed by atoms with Crippen molar-refractivity contribution in [1.82, 2.24) is 0 Å². The van der Waals surface area contributed by atoms with Gasteiger partial charge in [-0.25, -0.2) is 9.59 Å². The van der Waals surface area contributed by atoms with Gasteiger partial charge in [0.1, 0.15) is 11.1 Å². The maximum atomic E-state index is 12.8. The van der Waals surface area contributed by atoms with Gasteiger partial charge in [0, 0.05) is 30.2 Å². The Bertz CT molecular complexity index is 1040. The predicted molar refractivity (Wildman–Crippen MR) is 97.6 cm³/mol. The second kappa shape index (κ2) is 7.75. The van der Waals surface area contributed by atoms with Crippen molar-refractivity contribution in [2.45, 2.75) is 19.1 Å². The van der Waals surface area contributed by atoms with Crippen LogP contribution in [0.1, 0.15) is 22.3 Å². The molecule has 0 saturated heterocycles. The Morgan fingerprint density at radius 3 is 2.43 bits per heavy atom. The normalized spacial score (nSPS) is 11.5. The lowest BCUT2D eigenvalue weighted by Gasteiger charge is -2.26. The Morgan fingerprint density at radius 1 is 1.07 bits per heavy atom. The number of nitrogens with zero attached hydrogens (tertiary/aromatic N) is 1. The molecule has 0 atom stereocenters.